The number of carbonyl (C=O) groups excluding carboxylic acids is 2. The molecule has 2 heterocycles. The van der Waals surface area contributed by atoms with Gasteiger partial charge in [-0.05, 0) is 30.3 Å². The predicted molar refractivity (Wildman–Crippen MR) is 108 cm³/mol. The topological polar surface area (TPSA) is 89.8 Å². The monoisotopic (exact) mass is 393 g/mol. The van der Waals surface area contributed by atoms with Crippen molar-refractivity contribution in [3.63, 3.8) is 0 Å². The Hall–Kier alpha value is -3.60. The molecule has 0 radical (unpaired) electrons. The van der Waals surface area contributed by atoms with E-state index in [2.05, 4.69) is 11.1 Å². The second-order valence-corrected chi connectivity index (χ2v) is 6.87. The van der Waals surface area contributed by atoms with E-state index in [9.17, 15) is 14.9 Å². The molecule has 29 heavy (non-hydrogen) atoms. The van der Waals surface area contributed by atoms with Crippen LogP contribution in [-0.2, 0) is 4.79 Å². The Balaban J connectivity index is 1.61. The van der Waals surface area contributed by atoms with Crippen molar-refractivity contribution in [2.24, 2.45) is 0 Å². The maximum atomic E-state index is 12.9. The molecule has 1 aromatic carbocycles. The van der Waals surface area contributed by atoms with Gasteiger partial charge in [0.2, 0.25) is 0 Å². The van der Waals surface area contributed by atoms with Crippen molar-refractivity contribution in [2.45, 2.75) is 0 Å². The van der Waals surface area contributed by atoms with Crippen LogP contribution in [0.2, 0.25) is 0 Å². The highest BCUT2D eigenvalue weighted by Crippen LogP contribution is 2.20. The molecule has 1 saturated heterocycles. The number of hydrogen-bond donors (Lipinski definition) is 0. The lowest BCUT2D eigenvalue weighted by molar-refractivity contribution is -0.130. The highest BCUT2D eigenvalue weighted by molar-refractivity contribution is 5.94. The van der Waals surface area contributed by atoms with Gasteiger partial charge in [-0.15, -0.1) is 0 Å². The zero-order valence-electron chi connectivity index (χ0n) is 16.5. The fraction of sp³-hybridized carbons (Fsp3) is 0.333. The third kappa shape index (κ3) is 4.82. The minimum atomic E-state index is -0.149. The fourth-order valence-corrected chi connectivity index (χ4v) is 3.03. The summed E-state index contributed by atoms with van der Waals surface area (Å²) in [7, 11) is 3.33. The summed E-state index contributed by atoms with van der Waals surface area (Å²) in [6, 6.07) is 12.5. The van der Waals surface area contributed by atoms with Gasteiger partial charge in [-0.1, -0.05) is 6.07 Å². The van der Waals surface area contributed by atoms with E-state index in [4.69, 9.17) is 4.74 Å². The maximum Gasteiger partial charge on any atom is 0.259 e. The first-order chi connectivity index (χ1) is 14.0. The van der Waals surface area contributed by atoms with E-state index in [0.29, 0.717) is 48.9 Å². The lowest BCUT2D eigenvalue weighted by Crippen LogP contribution is -2.49. The number of amides is 2. The number of ether oxygens (including phenoxy) is 1. The summed E-state index contributed by atoms with van der Waals surface area (Å²) in [5.41, 5.74) is 1.05. The van der Waals surface area contributed by atoms with E-state index < -0.39 is 0 Å². The Bertz CT molecular complexity index is 930. The van der Waals surface area contributed by atoms with Crippen LogP contribution in [0.3, 0.4) is 0 Å². The summed E-state index contributed by atoms with van der Waals surface area (Å²) in [4.78, 5) is 34.1. The summed E-state index contributed by atoms with van der Waals surface area (Å²) >= 11 is 0. The van der Waals surface area contributed by atoms with E-state index in [0.717, 1.165) is 0 Å². The van der Waals surface area contributed by atoms with Gasteiger partial charge < -0.3 is 19.4 Å². The van der Waals surface area contributed by atoms with Crippen LogP contribution in [-0.4, -0.2) is 73.5 Å². The number of benzene rings is 1. The van der Waals surface area contributed by atoms with Gasteiger partial charge in [0.05, 0.1) is 5.56 Å². The van der Waals surface area contributed by atoms with Crippen LogP contribution in [0.4, 0.5) is 5.82 Å². The molecule has 0 bridgehead atoms. The lowest BCUT2D eigenvalue weighted by atomic mass is 10.1. The number of anilines is 1. The van der Waals surface area contributed by atoms with Crippen LogP contribution in [0.5, 0.6) is 5.75 Å². The summed E-state index contributed by atoms with van der Waals surface area (Å²) in [5, 5.41) is 9.26. The summed E-state index contributed by atoms with van der Waals surface area (Å²) in [6.07, 6.45) is 1.67. The Labute approximate surface area is 169 Å². The van der Waals surface area contributed by atoms with Gasteiger partial charge in [0.15, 0.2) is 6.61 Å². The highest BCUT2D eigenvalue weighted by Gasteiger charge is 2.24. The Kier molecular flexibility index (Phi) is 6.29. The third-order valence-electron chi connectivity index (χ3n) is 4.72. The Morgan fingerprint density at radius 2 is 1.93 bits per heavy atom. The molecular weight excluding hydrogens is 370 g/mol. The van der Waals surface area contributed by atoms with Crippen molar-refractivity contribution in [3.05, 3.63) is 53.7 Å². The highest BCUT2D eigenvalue weighted by atomic mass is 16.5. The SMILES string of the molecule is CN(C)C(=O)COc1cccc(C(=O)N2CCN(c3ncccc3C#N)CC2)c1. The second kappa shape index (κ2) is 9.06. The molecule has 150 valence electrons. The van der Waals surface area contributed by atoms with Crippen molar-refractivity contribution in [2.75, 3.05) is 51.8 Å². The molecular formula is C21H23N5O3. The number of hydrogen-bond acceptors (Lipinski definition) is 6. The molecule has 0 N–H and O–H groups in total. The molecule has 1 fully saturated rings. The van der Waals surface area contributed by atoms with Crippen molar-refractivity contribution in [3.8, 4) is 11.8 Å². The molecule has 2 aromatic rings. The van der Waals surface area contributed by atoms with Gasteiger partial charge in [0.1, 0.15) is 17.6 Å². The lowest BCUT2D eigenvalue weighted by Gasteiger charge is -2.35. The standard InChI is InChI=1S/C21H23N5O3/c1-24(2)19(27)15-29-18-7-3-5-16(13-18)21(28)26-11-9-25(10-12-26)20-17(14-22)6-4-8-23-20/h3-8,13H,9-12,15H2,1-2H3. The molecule has 0 atom stereocenters. The van der Waals surface area contributed by atoms with E-state index in [-0.39, 0.29) is 18.4 Å². The van der Waals surface area contributed by atoms with Gasteiger partial charge in [-0.25, -0.2) is 4.98 Å². The molecule has 1 aliphatic heterocycles. The van der Waals surface area contributed by atoms with Gasteiger partial charge >= 0.3 is 0 Å². The average molecular weight is 393 g/mol. The quantitative estimate of drug-likeness (QED) is 0.762. The Morgan fingerprint density at radius 3 is 2.62 bits per heavy atom. The summed E-state index contributed by atoms with van der Waals surface area (Å²) < 4.78 is 5.50. The molecule has 0 aliphatic carbocycles. The van der Waals surface area contributed by atoms with Gasteiger partial charge in [-0.2, -0.15) is 5.26 Å². The minimum Gasteiger partial charge on any atom is -0.484 e. The van der Waals surface area contributed by atoms with E-state index in [1.165, 1.54) is 4.90 Å². The minimum absolute atomic E-state index is 0.0748. The Morgan fingerprint density at radius 1 is 1.17 bits per heavy atom. The van der Waals surface area contributed by atoms with Crippen LogP contribution < -0.4 is 9.64 Å². The maximum absolute atomic E-state index is 12.9. The van der Waals surface area contributed by atoms with Crippen LogP contribution in [0, 0.1) is 11.3 Å². The fourth-order valence-electron chi connectivity index (χ4n) is 3.03. The van der Waals surface area contributed by atoms with Crippen LogP contribution in [0.25, 0.3) is 0 Å². The number of aromatic nitrogens is 1. The first kappa shape index (κ1) is 20.1. The normalized spacial score (nSPS) is 13.6. The predicted octanol–water partition coefficient (Wildman–Crippen LogP) is 1.38. The second-order valence-electron chi connectivity index (χ2n) is 6.87. The summed E-state index contributed by atoms with van der Waals surface area (Å²) in [5.74, 6) is 0.902. The summed E-state index contributed by atoms with van der Waals surface area (Å²) in [6.45, 7) is 2.19. The molecule has 3 rings (SSSR count). The first-order valence-corrected chi connectivity index (χ1v) is 9.32. The van der Waals surface area contributed by atoms with Crippen LogP contribution in [0.15, 0.2) is 42.6 Å². The number of nitrogens with zero attached hydrogens (tertiary/aromatic N) is 5. The van der Waals surface area contributed by atoms with E-state index >= 15 is 0 Å². The smallest absolute Gasteiger partial charge is 0.259 e. The molecule has 2 amide bonds. The van der Waals surface area contributed by atoms with Gasteiger partial charge in [0.25, 0.3) is 11.8 Å². The largest absolute Gasteiger partial charge is 0.484 e. The number of nitriles is 1. The first-order valence-electron chi connectivity index (χ1n) is 9.32. The van der Waals surface area contributed by atoms with Crippen LogP contribution in [0.1, 0.15) is 15.9 Å². The molecule has 1 aromatic heterocycles. The van der Waals surface area contributed by atoms with Gasteiger partial charge in [-0.3, -0.25) is 9.59 Å². The van der Waals surface area contributed by atoms with E-state index in [1.807, 2.05) is 4.90 Å². The van der Waals surface area contributed by atoms with Crippen LogP contribution >= 0.6 is 0 Å². The van der Waals surface area contributed by atoms with Gasteiger partial charge in [0, 0.05) is 52.0 Å². The molecule has 0 unspecified atom stereocenters. The zero-order chi connectivity index (χ0) is 20.8. The molecule has 0 saturated carbocycles. The van der Waals surface area contributed by atoms with E-state index in [1.54, 1.807) is 61.6 Å². The molecule has 8 heteroatoms. The van der Waals surface area contributed by atoms with Crippen molar-refractivity contribution in [1.82, 2.24) is 14.8 Å². The number of rotatable bonds is 5. The number of pyridine rings is 1. The average Bonchev–Trinajstić information content (AvgIpc) is 2.77. The molecule has 8 nitrogen and oxygen atoms in total. The molecule has 1 aliphatic rings. The van der Waals surface area contributed by atoms with Crippen molar-refractivity contribution < 1.29 is 14.3 Å². The van der Waals surface area contributed by atoms with Crippen molar-refractivity contribution >= 4 is 17.6 Å². The number of carbonyl (C=O) groups is 2. The number of likely N-dealkylation sites (N-methyl/N-ethyl adjacent to an activating group) is 1. The number of piperazine rings is 1. The van der Waals surface area contributed by atoms with Crippen molar-refractivity contribution in [1.29, 1.82) is 5.26 Å². The molecule has 0 spiro atoms. The zero-order valence-corrected chi connectivity index (χ0v) is 16.5. The third-order valence-corrected chi connectivity index (χ3v) is 4.72.